The number of hydrogen-bond acceptors (Lipinski definition) is 3. The van der Waals surface area contributed by atoms with Crippen molar-refractivity contribution in [3.63, 3.8) is 0 Å². The molecule has 0 fully saturated rings. The lowest BCUT2D eigenvalue weighted by Gasteiger charge is -2.24. The molecule has 0 radical (unpaired) electrons. The minimum Gasteiger partial charge on any atom is -0.326 e. The van der Waals surface area contributed by atoms with Crippen molar-refractivity contribution in [2.75, 3.05) is 0 Å². The normalized spacial score (nSPS) is 11.8. The molecule has 0 aliphatic heterocycles. The van der Waals surface area contributed by atoms with Gasteiger partial charge in [-0.25, -0.2) is 0 Å². The summed E-state index contributed by atoms with van der Waals surface area (Å²) in [5.41, 5.74) is 12.4. The lowest BCUT2D eigenvalue weighted by molar-refractivity contribution is 0.247. The maximum Gasteiger partial charge on any atom is 0.0271 e. The van der Waals surface area contributed by atoms with Gasteiger partial charge in [0.2, 0.25) is 0 Å². The van der Waals surface area contributed by atoms with E-state index in [-0.39, 0.29) is 5.41 Å². The minimum absolute atomic E-state index is 0.181. The van der Waals surface area contributed by atoms with Gasteiger partial charge in [0.1, 0.15) is 0 Å². The van der Waals surface area contributed by atoms with Crippen LogP contribution < -0.4 is 5.73 Å². The number of benzene rings is 2. The molecule has 0 bridgehead atoms. The van der Waals surface area contributed by atoms with Crippen LogP contribution in [0.4, 0.5) is 0 Å². The Labute approximate surface area is 169 Å². The fourth-order valence-electron chi connectivity index (χ4n) is 3.32. The van der Waals surface area contributed by atoms with Gasteiger partial charge < -0.3 is 5.73 Å². The summed E-state index contributed by atoms with van der Waals surface area (Å²) in [7, 11) is 0. The van der Waals surface area contributed by atoms with E-state index in [2.05, 4.69) is 91.3 Å². The topological polar surface area (TPSA) is 42.2 Å². The molecule has 2 aromatic carbocycles. The van der Waals surface area contributed by atoms with Crippen molar-refractivity contribution >= 4 is 0 Å². The molecule has 3 aromatic rings. The van der Waals surface area contributed by atoms with E-state index in [1.165, 1.54) is 27.8 Å². The second-order valence-electron chi connectivity index (χ2n) is 8.47. The van der Waals surface area contributed by atoms with Crippen LogP contribution in [0.1, 0.15) is 48.6 Å². The third-order valence-electron chi connectivity index (χ3n) is 5.05. The Hall–Kier alpha value is -2.49. The molecule has 0 aliphatic carbocycles. The van der Waals surface area contributed by atoms with Crippen molar-refractivity contribution in [1.29, 1.82) is 0 Å². The van der Waals surface area contributed by atoms with Gasteiger partial charge >= 0.3 is 0 Å². The van der Waals surface area contributed by atoms with Gasteiger partial charge in [0.05, 0.1) is 0 Å². The number of hydrogen-bond donors (Lipinski definition) is 1. The summed E-state index contributed by atoms with van der Waals surface area (Å²) in [6.07, 6.45) is 3.73. The summed E-state index contributed by atoms with van der Waals surface area (Å²) >= 11 is 0. The summed E-state index contributed by atoms with van der Waals surface area (Å²) in [4.78, 5) is 6.61. The van der Waals surface area contributed by atoms with Crippen LogP contribution >= 0.6 is 0 Å². The molecule has 3 nitrogen and oxygen atoms in total. The Bertz CT molecular complexity index is 847. The zero-order valence-electron chi connectivity index (χ0n) is 17.2. The van der Waals surface area contributed by atoms with Gasteiger partial charge in [0, 0.05) is 38.6 Å². The van der Waals surface area contributed by atoms with E-state index in [4.69, 9.17) is 5.73 Å². The molecule has 146 valence electrons. The van der Waals surface area contributed by atoms with Gasteiger partial charge in [-0.1, -0.05) is 69.3 Å². The van der Waals surface area contributed by atoms with Crippen LogP contribution in [0.2, 0.25) is 0 Å². The second-order valence-corrected chi connectivity index (χ2v) is 8.47. The average Bonchev–Trinajstić information content (AvgIpc) is 2.69. The van der Waals surface area contributed by atoms with E-state index in [1.807, 2.05) is 12.4 Å². The van der Waals surface area contributed by atoms with Crippen molar-refractivity contribution < 1.29 is 0 Å². The Morgan fingerprint density at radius 3 is 1.57 bits per heavy atom. The molecule has 1 aromatic heterocycles. The van der Waals surface area contributed by atoms with Crippen LogP contribution in [0.15, 0.2) is 73.1 Å². The number of nitrogens with two attached hydrogens (primary N) is 1. The van der Waals surface area contributed by atoms with E-state index in [0.717, 1.165) is 19.6 Å². The molecule has 0 unspecified atom stereocenters. The first-order chi connectivity index (χ1) is 13.4. The summed E-state index contributed by atoms with van der Waals surface area (Å²) < 4.78 is 0. The van der Waals surface area contributed by atoms with Crippen LogP contribution in [0.5, 0.6) is 0 Å². The summed E-state index contributed by atoms with van der Waals surface area (Å²) in [5.74, 6) is 0. The predicted molar refractivity (Wildman–Crippen MR) is 117 cm³/mol. The molecule has 28 heavy (non-hydrogen) atoms. The third kappa shape index (κ3) is 5.75. The lowest BCUT2D eigenvalue weighted by atomic mass is 9.87. The smallest absolute Gasteiger partial charge is 0.0271 e. The fraction of sp³-hybridized carbons (Fsp3) is 0.320. The molecule has 3 rings (SSSR count). The fourth-order valence-corrected chi connectivity index (χ4v) is 3.32. The van der Waals surface area contributed by atoms with Crippen LogP contribution in [0.25, 0.3) is 0 Å². The number of rotatable bonds is 7. The minimum atomic E-state index is 0.181. The van der Waals surface area contributed by atoms with E-state index in [9.17, 15) is 0 Å². The van der Waals surface area contributed by atoms with Gasteiger partial charge in [0.15, 0.2) is 0 Å². The Balaban J connectivity index is 1.76. The molecule has 0 saturated heterocycles. The lowest BCUT2D eigenvalue weighted by Crippen LogP contribution is -2.22. The third-order valence-corrected chi connectivity index (χ3v) is 5.05. The number of pyridine rings is 1. The van der Waals surface area contributed by atoms with Gasteiger partial charge in [-0.2, -0.15) is 0 Å². The van der Waals surface area contributed by atoms with Gasteiger partial charge in [-0.05, 0) is 45.4 Å². The van der Waals surface area contributed by atoms with E-state index in [1.54, 1.807) is 0 Å². The van der Waals surface area contributed by atoms with Crippen molar-refractivity contribution in [2.45, 2.75) is 52.4 Å². The molecule has 0 saturated carbocycles. The van der Waals surface area contributed by atoms with Crippen molar-refractivity contribution in [2.24, 2.45) is 5.73 Å². The molecular weight excluding hydrogens is 342 g/mol. The maximum absolute atomic E-state index is 5.73. The Morgan fingerprint density at radius 2 is 1.11 bits per heavy atom. The Morgan fingerprint density at radius 1 is 0.679 bits per heavy atom. The van der Waals surface area contributed by atoms with Crippen LogP contribution in [-0.2, 0) is 31.6 Å². The largest absolute Gasteiger partial charge is 0.326 e. The molecule has 2 N–H and O–H groups in total. The molecule has 1 heterocycles. The standard InChI is InChI=1S/C25H31N3/c1-25(2,3)24-10-8-22(9-11-24)18-28(19-23-12-14-27-15-13-23)17-21-6-4-20(16-26)5-7-21/h4-15H,16-19,26H2,1-3H3. The molecule has 0 spiro atoms. The Kier molecular flexibility index (Phi) is 6.61. The highest BCUT2D eigenvalue weighted by Gasteiger charge is 2.14. The van der Waals surface area contributed by atoms with Crippen LogP contribution in [-0.4, -0.2) is 9.88 Å². The molecule has 3 heteroatoms. The van der Waals surface area contributed by atoms with E-state index >= 15 is 0 Å². The van der Waals surface area contributed by atoms with Crippen molar-refractivity contribution in [3.05, 3.63) is 101 Å². The van der Waals surface area contributed by atoms with Gasteiger partial charge in [0.25, 0.3) is 0 Å². The van der Waals surface area contributed by atoms with E-state index < -0.39 is 0 Å². The molecular formula is C25H31N3. The van der Waals surface area contributed by atoms with Gasteiger partial charge in [-0.15, -0.1) is 0 Å². The summed E-state index contributed by atoms with van der Waals surface area (Å²) in [6.45, 7) is 10.0. The number of nitrogens with zero attached hydrogens (tertiary/aromatic N) is 2. The molecule has 0 aliphatic rings. The summed E-state index contributed by atoms with van der Waals surface area (Å²) in [5, 5.41) is 0. The highest BCUT2D eigenvalue weighted by Crippen LogP contribution is 2.23. The molecule has 0 amide bonds. The van der Waals surface area contributed by atoms with Crippen LogP contribution in [0, 0.1) is 0 Å². The predicted octanol–water partition coefficient (Wildman–Crippen LogP) is 5.04. The highest BCUT2D eigenvalue weighted by molar-refractivity contribution is 5.28. The van der Waals surface area contributed by atoms with E-state index in [0.29, 0.717) is 6.54 Å². The first-order valence-electron chi connectivity index (χ1n) is 9.92. The summed E-state index contributed by atoms with van der Waals surface area (Å²) in [6, 6.07) is 21.8. The van der Waals surface area contributed by atoms with Crippen molar-refractivity contribution in [3.8, 4) is 0 Å². The second kappa shape index (κ2) is 9.13. The van der Waals surface area contributed by atoms with Crippen LogP contribution in [0.3, 0.4) is 0 Å². The maximum atomic E-state index is 5.73. The zero-order chi connectivity index (χ0) is 20.0. The quantitative estimate of drug-likeness (QED) is 0.631. The molecule has 0 atom stereocenters. The average molecular weight is 374 g/mol. The van der Waals surface area contributed by atoms with Gasteiger partial charge in [-0.3, -0.25) is 9.88 Å². The number of aromatic nitrogens is 1. The highest BCUT2D eigenvalue weighted by atomic mass is 15.1. The van der Waals surface area contributed by atoms with Crippen molar-refractivity contribution in [1.82, 2.24) is 9.88 Å². The zero-order valence-corrected chi connectivity index (χ0v) is 17.2. The SMILES string of the molecule is CC(C)(C)c1ccc(CN(Cc2ccncc2)Cc2ccc(CN)cc2)cc1. The first-order valence-corrected chi connectivity index (χ1v) is 9.92. The first kappa shape index (κ1) is 20.2. The monoisotopic (exact) mass is 373 g/mol.